The fourth-order valence-corrected chi connectivity index (χ4v) is 3.01. The number of hydrogen-bond donors (Lipinski definition) is 1. The van der Waals surface area contributed by atoms with Crippen molar-refractivity contribution in [2.45, 2.75) is 52.4 Å². The molecule has 0 aliphatic rings. The average Bonchev–Trinajstić information content (AvgIpc) is 3.01. The summed E-state index contributed by atoms with van der Waals surface area (Å²) < 4.78 is 10.7. The molecule has 0 atom stereocenters. The number of carbonyl (C=O) groups excluding carboxylic acids is 1. The van der Waals surface area contributed by atoms with Crippen LogP contribution in [0.2, 0.25) is 0 Å². The molecule has 0 radical (unpaired) electrons. The lowest BCUT2D eigenvalue weighted by Crippen LogP contribution is -2.26. The van der Waals surface area contributed by atoms with Gasteiger partial charge >= 0.3 is 5.97 Å². The van der Waals surface area contributed by atoms with Crippen LogP contribution in [-0.2, 0) is 21.4 Å². The van der Waals surface area contributed by atoms with Gasteiger partial charge in [-0.3, -0.25) is 4.79 Å². The van der Waals surface area contributed by atoms with Gasteiger partial charge in [0.15, 0.2) is 0 Å². The molecule has 0 amide bonds. The van der Waals surface area contributed by atoms with Gasteiger partial charge in [0.25, 0.3) is 0 Å². The minimum absolute atomic E-state index is 0.107. The van der Waals surface area contributed by atoms with Crippen molar-refractivity contribution in [1.82, 2.24) is 4.98 Å². The van der Waals surface area contributed by atoms with Gasteiger partial charge in [-0.15, -0.1) is 0 Å². The fraction of sp³-hybridized carbons (Fsp3) is 0.474. The van der Waals surface area contributed by atoms with Gasteiger partial charge in [-0.05, 0) is 43.9 Å². The van der Waals surface area contributed by atoms with Crippen molar-refractivity contribution in [3.05, 3.63) is 47.2 Å². The molecule has 0 aliphatic carbocycles. The first-order valence-electron chi connectivity index (χ1n) is 8.37. The van der Waals surface area contributed by atoms with Crippen LogP contribution in [0.1, 0.15) is 56.3 Å². The van der Waals surface area contributed by atoms with Crippen molar-refractivity contribution in [2.75, 3.05) is 6.61 Å². The van der Waals surface area contributed by atoms with E-state index in [4.69, 9.17) is 9.15 Å². The van der Waals surface area contributed by atoms with E-state index in [1.165, 1.54) is 6.26 Å². The van der Waals surface area contributed by atoms with Gasteiger partial charge in [0.2, 0.25) is 5.89 Å². The molecule has 24 heavy (non-hydrogen) atoms. The second-order valence-electron chi connectivity index (χ2n) is 5.92. The number of carbonyl (C=O) groups is 1. The number of aryl methyl sites for hydroxylation is 1. The number of aromatic hydroxyl groups is 1. The Balaban J connectivity index is 2.38. The normalized spacial score (nSPS) is 11.5. The third kappa shape index (κ3) is 3.45. The lowest BCUT2D eigenvalue weighted by atomic mass is 9.75. The first-order chi connectivity index (χ1) is 11.5. The first kappa shape index (κ1) is 18.0. The van der Waals surface area contributed by atoms with Crippen molar-refractivity contribution in [3.8, 4) is 5.75 Å². The van der Waals surface area contributed by atoms with Gasteiger partial charge < -0.3 is 14.3 Å². The Kier molecular flexibility index (Phi) is 5.65. The SMILES string of the molecule is CCOC(=O)Cc1coc(C(CC)(CC)c2ccc(O)c(C)c2)n1. The number of benzene rings is 1. The number of oxazole rings is 1. The predicted octanol–water partition coefficient (Wildman–Crippen LogP) is 3.90. The summed E-state index contributed by atoms with van der Waals surface area (Å²) in [5.41, 5.74) is 2.06. The molecule has 2 aromatic rings. The third-order valence-corrected chi connectivity index (χ3v) is 4.55. The van der Waals surface area contributed by atoms with Crippen LogP contribution in [0.5, 0.6) is 5.75 Å². The van der Waals surface area contributed by atoms with E-state index in [0.29, 0.717) is 18.2 Å². The molecule has 1 aromatic heterocycles. The Morgan fingerprint density at radius 1 is 1.29 bits per heavy atom. The molecule has 2 rings (SSSR count). The summed E-state index contributed by atoms with van der Waals surface area (Å²) in [6.45, 7) is 8.17. The number of hydrogen-bond acceptors (Lipinski definition) is 5. The van der Waals surface area contributed by atoms with Crippen LogP contribution in [0.3, 0.4) is 0 Å². The van der Waals surface area contributed by atoms with E-state index >= 15 is 0 Å². The molecule has 130 valence electrons. The maximum atomic E-state index is 11.6. The largest absolute Gasteiger partial charge is 0.508 e. The van der Waals surface area contributed by atoms with Crippen molar-refractivity contribution in [2.24, 2.45) is 0 Å². The van der Waals surface area contributed by atoms with Gasteiger partial charge in [-0.25, -0.2) is 4.98 Å². The number of nitrogens with zero attached hydrogens (tertiary/aromatic N) is 1. The number of rotatable bonds is 7. The Bertz CT molecular complexity index is 701. The van der Waals surface area contributed by atoms with Crippen LogP contribution < -0.4 is 0 Å². The third-order valence-electron chi connectivity index (χ3n) is 4.55. The molecule has 0 spiro atoms. The van der Waals surface area contributed by atoms with E-state index in [1.54, 1.807) is 13.0 Å². The molecular weight excluding hydrogens is 306 g/mol. The molecule has 0 saturated carbocycles. The summed E-state index contributed by atoms with van der Waals surface area (Å²) in [7, 11) is 0. The summed E-state index contributed by atoms with van der Waals surface area (Å²) in [4.78, 5) is 16.2. The molecule has 0 bridgehead atoms. The summed E-state index contributed by atoms with van der Waals surface area (Å²) >= 11 is 0. The Labute approximate surface area is 142 Å². The van der Waals surface area contributed by atoms with Gasteiger partial charge in [0.1, 0.15) is 12.0 Å². The van der Waals surface area contributed by atoms with Crippen molar-refractivity contribution >= 4 is 5.97 Å². The zero-order chi connectivity index (χ0) is 17.7. The highest BCUT2D eigenvalue weighted by Gasteiger charge is 2.36. The number of ether oxygens (including phenoxy) is 1. The molecule has 5 nitrogen and oxygen atoms in total. The van der Waals surface area contributed by atoms with Gasteiger partial charge in [-0.1, -0.05) is 26.0 Å². The standard InChI is InChI=1S/C19H25NO4/c1-5-19(6-2,14-8-9-16(21)13(4)10-14)18-20-15(12-24-18)11-17(22)23-7-3/h8-10,12,21H,5-7,11H2,1-4H3. The molecule has 0 saturated heterocycles. The molecule has 0 unspecified atom stereocenters. The Hall–Kier alpha value is -2.30. The van der Waals surface area contributed by atoms with Gasteiger partial charge in [-0.2, -0.15) is 0 Å². The highest BCUT2D eigenvalue weighted by molar-refractivity contribution is 5.71. The lowest BCUT2D eigenvalue weighted by molar-refractivity contribution is -0.142. The highest BCUT2D eigenvalue weighted by atomic mass is 16.5. The Morgan fingerprint density at radius 2 is 2.00 bits per heavy atom. The van der Waals surface area contributed by atoms with Crippen molar-refractivity contribution in [1.29, 1.82) is 0 Å². The second kappa shape index (κ2) is 7.51. The topological polar surface area (TPSA) is 72.6 Å². The van der Waals surface area contributed by atoms with Crippen LogP contribution in [0.25, 0.3) is 0 Å². The van der Waals surface area contributed by atoms with E-state index < -0.39 is 0 Å². The number of aromatic nitrogens is 1. The summed E-state index contributed by atoms with van der Waals surface area (Å²) in [6, 6.07) is 5.58. The minimum Gasteiger partial charge on any atom is -0.508 e. The molecule has 5 heteroatoms. The maximum Gasteiger partial charge on any atom is 0.311 e. The van der Waals surface area contributed by atoms with Crippen LogP contribution in [-0.4, -0.2) is 22.7 Å². The molecule has 1 N–H and O–H groups in total. The fourth-order valence-electron chi connectivity index (χ4n) is 3.01. The smallest absolute Gasteiger partial charge is 0.311 e. The van der Waals surface area contributed by atoms with Crippen molar-refractivity contribution in [3.63, 3.8) is 0 Å². The van der Waals surface area contributed by atoms with Gasteiger partial charge in [0.05, 0.1) is 24.1 Å². The number of phenolic OH excluding ortho intramolecular Hbond substituents is 1. The minimum atomic E-state index is -0.384. The highest BCUT2D eigenvalue weighted by Crippen LogP contribution is 2.39. The van der Waals surface area contributed by atoms with Crippen molar-refractivity contribution < 1.29 is 19.1 Å². The lowest BCUT2D eigenvalue weighted by Gasteiger charge is -2.29. The molecule has 0 aliphatic heterocycles. The van der Waals surface area contributed by atoms with Crippen LogP contribution >= 0.6 is 0 Å². The van der Waals surface area contributed by atoms with E-state index in [0.717, 1.165) is 24.0 Å². The monoisotopic (exact) mass is 331 g/mol. The maximum absolute atomic E-state index is 11.6. The molecule has 1 heterocycles. The van der Waals surface area contributed by atoms with Crippen LogP contribution in [0.15, 0.2) is 28.9 Å². The average molecular weight is 331 g/mol. The van der Waals surface area contributed by atoms with E-state index in [9.17, 15) is 9.90 Å². The predicted molar refractivity (Wildman–Crippen MR) is 91.0 cm³/mol. The zero-order valence-corrected chi connectivity index (χ0v) is 14.8. The molecule has 0 fully saturated rings. The Morgan fingerprint density at radius 3 is 2.58 bits per heavy atom. The number of esters is 1. The summed E-state index contributed by atoms with van der Waals surface area (Å²) in [5.74, 6) is 0.559. The first-order valence-corrected chi connectivity index (χ1v) is 8.37. The van der Waals surface area contributed by atoms with E-state index in [1.807, 2.05) is 19.1 Å². The summed E-state index contributed by atoms with van der Waals surface area (Å²) in [5, 5.41) is 9.79. The summed E-state index contributed by atoms with van der Waals surface area (Å²) in [6.07, 6.45) is 3.23. The molecule has 1 aromatic carbocycles. The van der Waals surface area contributed by atoms with Gasteiger partial charge in [0, 0.05) is 0 Å². The molecular formula is C19H25NO4. The van der Waals surface area contributed by atoms with E-state index in [-0.39, 0.29) is 23.6 Å². The second-order valence-corrected chi connectivity index (χ2v) is 5.92. The van der Waals surface area contributed by atoms with E-state index in [2.05, 4.69) is 18.8 Å². The quantitative estimate of drug-likeness (QED) is 0.779. The number of phenols is 1. The van der Waals surface area contributed by atoms with Crippen LogP contribution in [0, 0.1) is 6.92 Å². The zero-order valence-electron chi connectivity index (χ0n) is 14.8. The van der Waals surface area contributed by atoms with Crippen LogP contribution in [0.4, 0.5) is 0 Å².